The fourth-order valence-corrected chi connectivity index (χ4v) is 4.67. The van der Waals surface area contributed by atoms with Gasteiger partial charge < -0.3 is 15.0 Å². The Hall–Kier alpha value is -2.14. The van der Waals surface area contributed by atoms with E-state index in [9.17, 15) is 0 Å². The van der Waals surface area contributed by atoms with Crippen molar-refractivity contribution in [1.29, 1.82) is 5.26 Å². The minimum atomic E-state index is 0.650. The Balaban J connectivity index is 1.32. The molecule has 6 nitrogen and oxygen atoms in total. The molecule has 1 aromatic heterocycles. The second kappa shape index (κ2) is 8.91. The van der Waals surface area contributed by atoms with E-state index in [4.69, 9.17) is 21.6 Å². The maximum absolute atomic E-state index is 9.16. The highest BCUT2D eigenvalue weighted by molar-refractivity contribution is 7.99. The van der Waals surface area contributed by atoms with Crippen LogP contribution in [0, 0.1) is 11.3 Å². The van der Waals surface area contributed by atoms with Crippen LogP contribution in [0.3, 0.4) is 0 Å². The molecule has 2 aliphatic heterocycles. The van der Waals surface area contributed by atoms with E-state index in [-0.39, 0.29) is 0 Å². The topological polar surface area (TPSA) is 64.4 Å². The van der Waals surface area contributed by atoms with Crippen molar-refractivity contribution in [3.05, 3.63) is 41.0 Å². The molecule has 2 aromatic rings. The van der Waals surface area contributed by atoms with Crippen molar-refractivity contribution < 1.29 is 4.74 Å². The van der Waals surface area contributed by atoms with Crippen LogP contribution in [-0.4, -0.2) is 61.5 Å². The number of anilines is 2. The first-order valence-electron chi connectivity index (χ1n) is 9.40. The lowest BCUT2D eigenvalue weighted by Crippen LogP contribution is -2.47. The number of nitrogens with zero attached hydrogens (tertiary/aromatic N) is 4. The Morgan fingerprint density at radius 1 is 1.29 bits per heavy atom. The lowest BCUT2D eigenvalue weighted by Gasteiger charge is -2.37. The average molecular weight is 416 g/mol. The molecule has 1 saturated heterocycles. The van der Waals surface area contributed by atoms with Crippen molar-refractivity contribution in [1.82, 2.24) is 9.88 Å². The normalized spacial score (nSPS) is 16.6. The van der Waals surface area contributed by atoms with Crippen molar-refractivity contribution in [2.24, 2.45) is 0 Å². The van der Waals surface area contributed by atoms with Crippen LogP contribution in [0.5, 0.6) is 5.75 Å². The predicted octanol–water partition coefficient (Wildman–Crippen LogP) is 3.33. The molecule has 0 amide bonds. The Morgan fingerprint density at radius 3 is 2.96 bits per heavy atom. The number of pyridine rings is 1. The highest BCUT2D eigenvalue weighted by atomic mass is 35.5. The van der Waals surface area contributed by atoms with Crippen molar-refractivity contribution in [3.63, 3.8) is 0 Å². The van der Waals surface area contributed by atoms with Crippen LogP contribution in [0.1, 0.15) is 5.56 Å². The maximum Gasteiger partial charge on any atom is 0.165 e. The minimum absolute atomic E-state index is 0.650. The minimum Gasteiger partial charge on any atom is -0.487 e. The van der Waals surface area contributed by atoms with Gasteiger partial charge in [-0.05, 0) is 24.3 Å². The second-order valence-corrected chi connectivity index (χ2v) is 8.24. The van der Waals surface area contributed by atoms with Crippen LogP contribution >= 0.6 is 23.4 Å². The van der Waals surface area contributed by atoms with Gasteiger partial charge in [0.15, 0.2) is 5.75 Å². The average Bonchev–Trinajstić information content (AvgIpc) is 2.74. The summed E-state index contributed by atoms with van der Waals surface area (Å²) in [6.45, 7) is 6.32. The molecule has 1 fully saturated rings. The van der Waals surface area contributed by atoms with Crippen molar-refractivity contribution in [3.8, 4) is 11.8 Å². The van der Waals surface area contributed by atoms with Crippen molar-refractivity contribution in [2.45, 2.75) is 5.03 Å². The molecule has 8 heteroatoms. The number of nitrogens with one attached hydrogen (secondary N) is 1. The van der Waals surface area contributed by atoms with E-state index in [1.54, 1.807) is 24.0 Å². The molecular formula is C20H22ClN5OS. The summed E-state index contributed by atoms with van der Waals surface area (Å²) in [6.07, 6.45) is 1.74. The van der Waals surface area contributed by atoms with Gasteiger partial charge in [-0.15, -0.1) is 11.8 Å². The Kier molecular flexibility index (Phi) is 6.10. The summed E-state index contributed by atoms with van der Waals surface area (Å²) < 4.78 is 5.91. The number of piperazine rings is 1. The summed E-state index contributed by atoms with van der Waals surface area (Å²) in [5.41, 5.74) is 2.71. The van der Waals surface area contributed by atoms with Gasteiger partial charge in [-0.25, -0.2) is 4.98 Å². The lowest BCUT2D eigenvalue weighted by atomic mass is 10.2. The zero-order chi connectivity index (χ0) is 19.3. The number of hydrogen-bond donors (Lipinski definition) is 1. The third-order valence-corrected chi connectivity index (χ3v) is 6.15. The SMILES string of the molecule is N#Cc1cccnc1SCCN1CCN(c2cc(Cl)cc3c2OCCN3)CC1. The van der Waals surface area contributed by atoms with Gasteiger partial charge in [0.2, 0.25) is 0 Å². The largest absolute Gasteiger partial charge is 0.487 e. The smallest absolute Gasteiger partial charge is 0.165 e. The highest BCUT2D eigenvalue weighted by Crippen LogP contribution is 2.40. The molecule has 1 aromatic carbocycles. The fraction of sp³-hybridized carbons (Fsp3) is 0.400. The first-order chi connectivity index (χ1) is 13.7. The summed E-state index contributed by atoms with van der Waals surface area (Å²) in [6, 6.07) is 9.76. The number of halogens is 1. The molecule has 0 radical (unpaired) electrons. The quantitative estimate of drug-likeness (QED) is 0.751. The van der Waals surface area contributed by atoms with Crippen molar-refractivity contribution >= 4 is 34.7 Å². The van der Waals surface area contributed by atoms with Gasteiger partial charge in [0.1, 0.15) is 17.7 Å². The fourth-order valence-electron chi connectivity index (χ4n) is 3.51. The number of ether oxygens (including phenoxy) is 1. The van der Waals surface area contributed by atoms with Gasteiger partial charge in [-0.1, -0.05) is 11.6 Å². The number of aromatic nitrogens is 1. The van der Waals surface area contributed by atoms with Gasteiger partial charge in [0.05, 0.1) is 16.9 Å². The molecule has 0 atom stereocenters. The number of rotatable bonds is 5. The second-order valence-electron chi connectivity index (χ2n) is 6.72. The summed E-state index contributed by atoms with van der Waals surface area (Å²) in [4.78, 5) is 9.12. The van der Waals surface area contributed by atoms with E-state index < -0.39 is 0 Å². The van der Waals surface area contributed by atoms with E-state index in [1.807, 2.05) is 18.2 Å². The van der Waals surface area contributed by atoms with Crippen LogP contribution in [0.2, 0.25) is 5.02 Å². The predicted molar refractivity (Wildman–Crippen MR) is 114 cm³/mol. The van der Waals surface area contributed by atoms with E-state index in [0.29, 0.717) is 12.2 Å². The number of thioether (sulfide) groups is 1. The van der Waals surface area contributed by atoms with E-state index >= 15 is 0 Å². The molecule has 0 spiro atoms. The van der Waals surface area contributed by atoms with Crippen LogP contribution in [0.25, 0.3) is 0 Å². The third-order valence-electron chi connectivity index (χ3n) is 4.95. The van der Waals surface area contributed by atoms with Gasteiger partial charge in [-0.3, -0.25) is 4.90 Å². The maximum atomic E-state index is 9.16. The molecule has 2 aliphatic rings. The number of fused-ring (bicyclic) bond motifs is 1. The molecular weight excluding hydrogens is 394 g/mol. The zero-order valence-electron chi connectivity index (χ0n) is 15.5. The summed E-state index contributed by atoms with van der Waals surface area (Å²) in [5.74, 6) is 1.84. The van der Waals surface area contributed by atoms with Gasteiger partial charge in [0.25, 0.3) is 0 Å². The summed E-state index contributed by atoms with van der Waals surface area (Å²) >= 11 is 7.97. The first kappa shape index (κ1) is 19.2. The Labute approximate surface area is 174 Å². The molecule has 1 N–H and O–H groups in total. The summed E-state index contributed by atoms with van der Waals surface area (Å²) in [5, 5.41) is 14.1. The van der Waals surface area contributed by atoms with Crippen LogP contribution < -0.4 is 15.0 Å². The molecule has 0 aliphatic carbocycles. The molecule has 0 unspecified atom stereocenters. The van der Waals surface area contributed by atoms with Gasteiger partial charge in [-0.2, -0.15) is 5.26 Å². The molecule has 146 valence electrons. The standard InChI is InChI=1S/C20H22ClN5OS/c21-16-12-17-19(27-10-4-23-17)18(13-16)26-7-5-25(6-8-26)9-11-28-20-15(14-22)2-1-3-24-20/h1-3,12-13,23H,4-11H2. The van der Waals surface area contributed by atoms with E-state index in [0.717, 1.165) is 72.2 Å². The highest BCUT2D eigenvalue weighted by Gasteiger charge is 2.23. The first-order valence-corrected chi connectivity index (χ1v) is 10.8. The molecule has 3 heterocycles. The monoisotopic (exact) mass is 415 g/mol. The number of nitriles is 1. The molecule has 28 heavy (non-hydrogen) atoms. The van der Waals surface area contributed by atoms with Crippen LogP contribution in [0.4, 0.5) is 11.4 Å². The van der Waals surface area contributed by atoms with Crippen LogP contribution in [-0.2, 0) is 0 Å². The molecule has 0 saturated carbocycles. The number of benzene rings is 1. The Bertz CT molecular complexity index is 879. The molecule has 4 rings (SSSR count). The van der Waals surface area contributed by atoms with E-state index in [1.165, 1.54) is 0 Å². The number of hydrogen-bond acceptors (Lipinski definition) is 7. The third kappa shape index (κ3) is 4.30. The Morgan fingerprint density at radius 2 is 2.14 bits per heavy atom. The van der Waals surface area contributed by atoms with Gasteiger partial charge >= 0.3 is 0 Å². The van der Waals surface area contributed by atoms with Gasteiger partial charge in [0, 0.05) is 56.2 Å². The van der Waals surface area contributed by atoms with Crippen molar-refractivity contribution in [2.75, 3.05) is 61.8 Å². The molecule has 0 bridgehead atoms. The van der Waals surface area contributed by atoms with Crippen LogP contribution in [0.15, 0.2) is 35.5 Å². The lowest BCUT2D eigenvalue weighted by molar-refractivity contribution is 0.270. The van der Waals surface area contributed by atoms with E-state index in [2.05, 4.69) is 26.2 Å². The summed E-state index contributed by atoms with van der Waals surface area (Å²) in [7, 11) is 0. The zero-order valence-corrected chi connectivity index (χ0v) is 17.1.